The molecule has 0 saturated heterocycles. The molecule has 0 radical (unpaired) electrons. The molecule has 0 aromatic carbocycles. The van der Waals surface area contributed by atoms with Gasteiger partial charge < -0.3 is 14.2 Å². The fourth-order valence-electron chi connectivity index (χ4n) is 2.42. The van der Waals surface area contributed by atoms with Crippen LogP contribution >= 0.6 is 0 Å². The lowest BCUT2D eigenvalue weighted by atomic mass is 9.93. The largest absolute Gasteiger partial charge is 0.469 e. The van der Waals surface area contributed by atoms with Crippen LogP contribution in [-0.2, 0) is 6.42 Å². The molecule has 0 bridgehead atoms. The first-order valence-electron chi connectivity index (χ1n) is 6.17. The average Bonchev–Trinajstić information content (AvgIpc) is 2.97. The second kappa shape index (κ2) is 4.37. The molecule has 1 N–H and O–H groups in total. The number of hydrogen-bond acceptors (Lipinski definition) is 3. The van der Waals surface area contributed by atoms with E-state index in [9.17, 15) is 4.79 Å². The molecule has 1 amide bonds. The first-order valence-corrected chi connectivity index (χ1v) is 6.17. The summed E-state index contributed by atoms with van der Waals surface area (Å²) in [5.74, 6) is 1.93. The van der Waals surface area contributed by atoms with Gasteiger partial charge in [0.25, 0.3) is 5.91 Å². The van der Waals surface area contributed by atoms with Gasteiger partial charge in [-0.25, -0.2) is 0 Å². The highest BCUT2D eigenvalue weighted by molar-refractivity contribution is 5.91. The summed E-state index contributed by atoms with van der Waals surface area (Å²) in [6.07, 6.45) is 4.61. The summed E-state index contributed by atoms with van der Waals surface area (Å²) in [6.45, 7) is 1.82. The van der Waals surface area contributed by atoms with Crippen LogP contribution in [0.15, 0.2) is 33.3 Å². The molecule has 2 heterocycles. The van der Waals surface area contributed by atoms with Gasteiger partial charge in [0.2, 0.25) is 0 Å². The maximum Gasteiger partial charge on any atom is 0.287 e. The van der Waals surface area contributed by atoms with E-state index in [-0.39, 0.29) is 11.9 Å². The molecular weight excluding hydrogens is 230 g/mol. The van der Waals surface area contributed by atoms with E-state index in [2.05, 4.69) is 5.32 Å². The van der Waals surface area contributed by atoms with Crippen LogP contribution in [0.2, 0.25) is 0 Å². The number of rotatable bonds is 2. The highest BCUT2D eigenvalue weighted by Gasteiger charge is 2.25. The Morgan fingerprint density at radius 2 is 2.28 bits per heavy atom. The molecule has 0 spiro atoms. The monoisotopic (exact) mass is 245 g/mol. The zero-order chi connectivity index (χ0) is 12.5. The minimum Gasteiger partial charge on any atom is -0.469 e. The molecule has 3 rings (SSSR count). The summed E-state index contributed by atoms with van der Waals surface area (Å²) < 4.78 is 10.7. The molecule has 4 nitrogen and oxygen atoms in total. The quantitative estimate of drug-likeness (QED) is 0.884. The summed E-state index contributed by atoms with van der Waals surface area (Å²) in [5, 5.41) is 3.00. The van der Waals surface area contributed by atoms with Gasteiger partial charge in [-0.2, -0.15) is 0 Å². The molecule has 0 saturated carbocycles. The third-order valence-corrected chi connectivity index (χ3v) is 3.32. The van der Waals surface area contributed by atoms with Crippen molar-refractivity contribution in [3.63, 3.8) is 0 Å². The molecule has 4 heteroatoms. The van der Waals surface area contributed by atoms with E-state index >= 15 is 0 Å². The number of amides is 1. The van der Waals surface area contributed by atoms with Gasteiger partial charge in [-0.05, 0) is 38.0 Å². The summed E-state index contributed by atoms with van der Waals surface area (Å²) in [6, 6.07) is 5.46. The Morgan fingerprint density at radius 1 is 1.39 bits per heavy atom. The number of nitrogens with one attached hydrogen (secondary N) is 1. The van der Waals surface area contributed by atoms with Gasteiger partial charge in [0.15, 0.2) is 5.76 Å². The van der Waals surface area contributed by atoms with E-state index in [1.165, 1.54) is 0 Å². The first kappa shape index (κ1) is 11.1. The zero-order valence-corrected chi connectivity index (χ0v) is 10.2. The van der Waals surface area contributed by atoms with Crippen LogP contribution in [0.25, 0.3) is 0 Å². The van der Waals surface area contributed by atoms with Crippen molar-refractivity contribution < 1.29 is 13.6 Å². The molecule has 1 unspecified atom stereocenters. The molecule has 1 aliphatic carbocycles. The van der Waals surface area contributed by atoms with Crippen LogP contribution in [0.5, 0.6) is 0 Å². The Hall–Kier alpha value is -1.97. The Labute approximate surface area is 105 Å². The number of furan rings is 2. The molecule has 94 valence electrons. The van der Waals surface area contributed by atoms with E-state index in [1.807, 2.05) is 13.0 Å². The predicted octanol–water partition coefficient (Wildman–Crippen LogP) is 2.99. The van der Waals surface area contributed by atoms with E-state index in [4.69, 9.17) is 8.83 Å². The van der Waals surface area contributed by atoms with Gasteiger partial charge in [-0.1, -0.05) is 0 Å². The molecule has 0 aliphatic heterocycles. The van der Waals surface area contributed by atoms with E-state index in [0.717, 1.165) is 36.3 Å². The Morgan fingerprint density at radius 3 is 3.06 bits per heavy atom. The number of fused-ring (bicyclic) bond motifs is 1. The Kier molecular flexibility index (Phi) is 2.70. The van der Waals surface area contributed by atoms with Crippen molar-refractivity contribution in [2.45, 2.75) is 32.2 Å². The Balaban J connectivity index is 1.77. The second-order valence-corrected chi connectivity index (χ2v) is 4.63. The summed E-state index contributed by atoms with van der Waals surface area (Å²) in [4.78, 5) is 12.0. The molecule has 1 aliphatic rings. The van der Waals surface area contributed by atoms with Gasteiger partial charge in [0.05, 0.1) is 12.3 Å². The smallest absolute Gasteiger partial charge is 0.287 e. The Bertz CT molecular complexity index is 567. The van der Waals surface area contributed by atoms with Crippen LogP contribution in [0.3, 0.4) is 0 Å². The third-order valence-electron chi connectivity index (χ3n) is 3.32. The molecule has 2 aromatic heterocycles. The maximum atomic E-state index is 12.0. The summed E-state index contributed by atoms with van der Waals surface area (Å²) in [5.41, 5.74) is 1.10. The highest BCUT2D eigenvalue weighted by atomic mass is 16.3. The molecule has 18 heavy (non-hydrogen) atoms. The lowest BCUT2D eigenvalue weighted by Crippen LogP contribution is -2.30. The lowest BCUT2D eigenvalue weighted by Gasteiger charge is -2.22. The number of carbonyl (C=O) groups excluding carboxylic acids is 1. The van der Waals surface area contributed by atoms with Crippen molar-refractivity contribution in [3.05, 3.63) is 47.3 Å². The molecule has 0 fully saturated rings. The maximum absolute atomic E-state index is 12.0. The van der Waals surface area contributed by atoms with Crippen LogP contribution < -0.4 is 5.32 Å². The predicted molar refractivity (Wildman–Crippen MR) is 65.3 cm³/mol. The minimum absolute atomic E-state index is 0.0328. The lowest BCUT2D eigenvalue weighted by molar-refractivity contribution is 0.0903. The van der Waals surface area contributed by atoms with Crippen molar-refractivity contribution in [1.29, 1.82) is 0 Å². The van der Waals surface area contributed by atoms with Crippen molar-refractivity contribution in [3.8, 4) is 0 Å². The van der Waals surface area contributed by atoms with Crippen molar-refractivity contribution >= 4 is 5.91 Å². The van der Waals surface area contributed by atoms with Crippen molar-refractivity contribution in [2.75, 3.05) is 0 Å². The molecular formula is C14H15NO3. The molecule has 2 aromatic rings. The van der Waals surface area contributed by atoms with E-state index in [1.54, 1.807) is 18.4 Å². The van der Waals surface area contributed by atoms with Crippen molar-refractivity contribution in [2.24, 2.45) is 0 Å². The summed E-state index contributed by atoms with van der Waals surface area (Å²) >= 11 is 0. The normalized spacial score (nSPS) is 18.4. The standard InChI is InChI=1S/C14H15NO3/c1-9-5-6-13(18-9)14(16)15-11-3-2-4-12-10(11)7-8-17-12/h5-8,11H,2-4H2,1H3,(H,15,16). The van der Waals surface area contributed by atoms with Crippen LogP contribution in [-0.4, -0.2) is 5.91 Å². The van der Waals surface area contributed by atoms with Crippen LogP contribution in [0, 0.1) is 6.92 Å². The zero-order valence-electron chi connectivity index (χ0n) is 10.2. The minimum atomic E-state index is -0.165. The van der Waals surface area contributed by atoms with Crippen molar-refractivity contribution in [1.82, 2.24) is 5.32 Å². The fourth-order valence-corrected chi connectivity index (χ4v) is 2.42. The van der Waals surface area contributed by atoms with Gasteiger partial charge >= 0.3 is 0 Å². The van der Waals surface area contributed by atoms with Crippen LogP contribution in [0.1, 0.15) is 46.5 Å². The molecule has 1 atom stereocenters. The first-order chi connectivity index (χ1) is 8.74. The van der Waals surface area contributed by atoms with Gasteiger partial charge in [-0.3, -0.25) is 4.79 Å². The highest BCUT2D eigenvalue weighted by Crippen LogP contribution is 2.30. The van der Waals surface area contributed by atoms with Gasteiger partial charge in [0.1, 0.15) is 11.5 Å². The second-order valence-electron chi connectivity index (χ2n) is 4.63. The van der Waals surface area contributed by atoms with E-state index < -0.39 is 0 Å². The fraction of sp³-hybridized carbons (Fsp3) is 0.357. The topological polar surface area (TPSA) is 55.4 Å². The number of carbonyl (C=O) groups is 1. The van der Waals surface area contributed by atoms with Gasteiger partial charge in [-0.15, -0.1) is 0 Å². The third kappa shape index (κ3) is 1.94. The van der Waals surface area contributed by atoms with E-state index in [0.29, 0.717) is 5.76 Å². The number of aryl methyl sites for hydroxylation is 2. The SMILES string of the molecule is Cc1ccc(C(=O)NC2CCCc3occc32)o1. The van der Waals surface area contributed by atoms with Gasteiger partial charge in [0, 0.05) is 12.0 Å². The summed E-state index contributed by atoms with van der Waals surface area (Å²) in [7, 11) is 0. The van der Waals surface area contributed by atoms with Crippen LogP contribution in [0.4, 0.5) is 0 Å². The number of hydrogen-bond donors (Lipinski definition) is 1. The average molecular weight is 245 g/mol.